The van der Waals surface area contributed by atoms with Crippen molar-refractivity contribution in [2.24, 2.45) is 5.73 Å². The number of nitrogens with two attached hydrogens (primary N) is 1. The van der Waals surface area contributed by atoms with Gasteiger partial charge in [-0.1, -0.05) is 42.0 Å². The zero-order valence-electron chi connectivity index (χ0n) is 15.5. The van der Waals surface area contributed by atoms with Crippen LogP contribution in [0.5, 0.6) is 0 Å². The number of hydrogen-bond acceptors (Lipinski definition) is 2. The van der Waals surface area contributed by atoms with Crippen molar-refractivity contribution in [3.63, 3.8) is 0 Å². The molecule has 0 bridgehead atoms. The molecule has 1 aliphatic rings. The van der Waals surface area contributed by atoms with E-state index in [-0.39, 0.29) is 0 Å². The van der Waals surface area contributed by atoms with E-state index in [0.29, 0.717) is 5.54 Å². The quantitative estimate of drug-likeness (QED) is 0.501. The smallest absolute Gasteiger partial charge is 0.0181 e. The molecule has 130 valence electrons. The molecule has 0 heterocycles. The maximum atomic E-state index is 5.79. The topological polar surface area (TPSA) is 38.0 Å². The van der Waals surface area contributed by atoms with Gasteiger partial charge >= 0.3 is 0 Å². The van der Waals surface area contributed by atoms with E-state index in [4.69, 9.17) is 5.73 Å². The van der Waals surface area contributed by atoms with E-state index in [9.17, 15) is 0 Å². The summed E-state index contributed by atoms with van der Waals surface area (Å²) in [7, 11) is 2.11. The lowest BCUT2D eigenvalue weighted by molar-refractivity contribution is 0.184. The third-order valence-electron chi connectivity index (χ3n) is 5.19. The first-order valence-corrected chi connectivity index (χ1v) is 9.10. The fourth-order valence-corrected chi connectivity index (χ4v) is 3.12. The predicted molar refractivity (Wildman–Crippen MR) is 103 cm³/mol. The zero-order valence-corrected chi connectivity index (χ0v) is 15.5. The van der Waals surface area contributed by atoms with E-state index in [1.54, 1.807) is 0 Å². The third-order valence-corrected chi connectivity index (χ3v) is 5.19. The lowest BCUT2D eigenvalue weighted by Gasteiger charge is -2.42. The Bertz CT molecular complexity index is 445. The van der Waals surface area contributed by atoms with Crippen LogP contribution in [0.15, 0.2) is 47.7 Å². The Morgan fingerprint density at radius 2 is 1.91 bits per heavy atom. The molecule has 2 nitrogen and oxygen atoms in total. The van der Waals surface area contributed by atoms with Gasteiger partial charge in [-0.2, -0.15) is 0 Å². The van der Waals surface area contributed by atoms with Crippen LogP contribution < -0.4 is 11.1 Å². The van der Waals surface area contributed by atoms with Crippen LogP contribution in [0.25, 0.3) is 0 Å². The van der Waals surface area contributed by atoms with Gasteiger partial charge in [0, 0.05) is 11.2 Å². The summed E-state index contributed by atoms with van der Waals surface area (Å²) in [4.78, 5) is 0. The van der Waals surface area contributed by atoms with E-state index >= 15 is 0 Å². The van der Waals surface area contributed by atoms with E-state index in [2.05, 4.69) is 44.1 Å². The van der Waals surface area contributed by atoms with Gasteiger partial charge in [-0.05, 0) is 78.7 Å². The monoisotopic (exact) mass is 316 g/mol. The molecule has 1 fully saturated rings. The second-order valence-electron chi connectivity index (χ2n) is 6.84. The van der Waals surface area contributed by atoms with Crippen LogP contribution in [0.1, 0.15) is 71.6 Å². The first-order chi connectivity index (χ1) is 11.0. The van der Waals surface area contributed by atoms with Crippen LogP contribution in [-0.4, -0.2) is 12.6 Å². The Morgan fingerprint density at radius 3 is 2.43 bits per heavy atom. The van der Waals surface area contributed by atoms with Crippen molar-refractivity contribution >= 4 is 0 Å². The van der Waals surface area contributed by atoms with E-state index in [0.717, 1.165) is 31.4 Å². The highest BCUT2D eigenvalue weighted by molar-refractivity contribution is 5.16. The molecule has 0 saturated heterocycles. The molecule has 0 aromatic carbocycles. The molecule has 0 amide bonds. The largest absolute Gasteiger partial charge is 0.402 e. The first-order valence-electron chi connectivity index (χ1n) is 9.10. The highest BCUT2D eigenvalue weighted by Crippen LogP contribution is 2.37. The summed E-state index contributed by atoms with van der Waals surface area (Å²) in [6.07, 6.45) is 19.2. The molecule has 0 atom stereocenters. The molecule has 1 aliphatic carbocycles. The van der Waals surface area contributed by atoms with Crippen LogP contribution in [0.3, 0.4) is 0 Å². The summed E-state index contributed by atoms with van der Waals surface area (Å²) in [5.41, 5.74) is 10.0. The molecule has 1 rings (SSSR count). The fourth-order valence-electron chi connectivity index (χ4n) is 3.12. The molecule has 0 aliphatic heterocycles. The molecule has 0 aromatic rings. The van der Waals surface area contributed by atoms with Crippen molar-refractivity contribution < 1.29 is 0 Å². The average molecular weight is 317 g/mol. The van der Waals surface area contributed by atoms with Crippen molar-refractivity contribution in [3.05, 3.63) is 47.7 Å². The Labute approximate surface area is 143 Å². The van der Waals surface area contributed by atoms with Crippen molar-refractivity contribution in [2.75, 3.05) is 7.05 Å². The Hall–Kier alpha value is -1.28. The van der Waals surface area contributed by atoms with Crippen LogP contribution in [-0.2, 0) is 0 Å². The summed E-state index contributed by atoms with van der Waals surface area (Å²) >= 11 is 0. The molecule has 0 radical (unpaired) electrons. The molecule has 2 heteroatoms. The standard InChI is InChI=1S/C21H36N2/c1-5-19(13-16-21(23-4)14-10-15-21)17-18(3)11-8-7-9-12-20(22)6-2/h5-8,23H,3,9-17,22H2,1-2,4H3/b8-7?,19-5+,20-6+. The molecule has 1 saturated carbocycles. The summed E-state index contributed by atoms with van der Waals surface area (Å²) in [6, 6.07) is 0. The van der Waals surface area contributed by atoms with Gasteiger partial charge in [-0.15, -0.1) is 0 Å². The predicted octanol–water partition coefficient (Wildman–Crippen LogP) is 5.39. The van der Waals surface area contributed by atoms with Gasteiger partial charge in [0.15, 0.2) is 0 Å². The molecule has 0 aromatic heterocycles. The number of hydrogen-bond donors (Lipinski definition) is 2. The molecular formula is C21H36N2. The zero-order chi connectivity index (χ0) is 17.1. The highest BCUT2D eigenvalue weighted by Gasteiger charge is 2.34. The van der Waals surface area contributed by atoms with E-state index in [1.807, 2.05) is 13.0 Å². The maximum Gasteiger partial charge on any atom is 0.0181 e. The minimum atomic E-state index is 0.419. The van der Waals surface area contributed by atoms with E-state index in [1.165, 1.54) is 43.3 Å². The lowest BCUT2D eigenvalue weighted by Crippen LogP contribution is -2.48. The number of rotatable bonds is 11. The van der Waals surface area contributed by atoms with Gasteiger partial charge < -0.3 is 11.1 Å². The van der Waals surface area contributed by atoms with Crippen LogP contribution in [0.2, 0.25) is 0 Å². The van der Waals surface area contributed by atoms with Gasteiger partial charge in [0.05, 0.1) is 0 Å². The molecule has 23 heavy (non-hydrogen) atoms. The van der Waals surface area contributed by atoms with Gasteiger partial charge in [0.2, 0.25) is 0 Å². The molecule has 0 spiro atoms. The lowest BCUT2D eigenvalue weighted by atomic mass is 9.73. The minimum Gasteiger partial charge on any atom is -0.402 e. The molecule has 3 N–H and O–H groups in total. The van der Waals surface area contributed by atoms with Crippen molar-refractivity contribution in [3.8, 4) is 0 Å². The Morgan fingerprint density at radius 1 is 1.17 bits per heavy atom. The van der Waals surface area contributed by atoms with Crippen molar-refractivity contribution in [1.29, 1.82) is 0 Å². The van der Waals surface area contributed by atoms with Gasteiger partial charge in [0.1, 0.15) is 0 Å². The van der Waals surface area contributed by atoms with Crippen LogP contribution in [0.4, 0.5) is 0 Å². The van der Waals surface area contributed by atoms with Crippen LogP contribution in [0, 0.1) is 0 Å². The van der Waals surface area contributed by atoms with Gasteiger partial charge in [-0.25, -0.2) is 0 Å². The summed E-state index contributed by atoms with van der Waals surface area (Å²) < 4.78 is 0. The minimum absolute atomic E-state index is 0.419. The van der Waals surface area contributed by atoms with Crippen molar-refractivity contribution in [2.45, 2.75) is 77.2 Å². The van der Waals surface area contributed by atoms with Crippen LogP contribution >= 0.6 is 0 Å². The third kappa shape index (κ3) is 7.22. The molecular weight excluding hydrogens is 280 g/mol. The van der Waals surface area contributed by atoms with Gasteiger partial charge in [-0.3, -0.25) is 0 Å². The Kier molecular flexibility index (Phi) is 9.01. The number of allylic oxidation sites excluding steroid dienone is 7. The summed E-state index contributed by atoms with van der Waals surface area (Å²) in [6.45, 7) is 8.39. The van der Waals surface area contributed by atoms with Gasteiger partial charge in [0.25, 0.3) is 0 Å². The molecule has 0 unspecified atom stereocenters. The second-order valence-corrected chi connectivity index (χ2v) is 6.84. The Balaban J connectivity index is 2.26. The second kappa shape index (κ2) is 10.5. The summed E-state index contributed by atoms with van der Waals surface area (Å²) in [5.74, 6) is 0. The van der Waals surface area contributed by atoms with E-state index < -0.39 is 0 Å². The number of nitrogens with one attached hydrogen (secondary N) is 1. The normalized spacial score (nSPS) is 18.2. The highest BCUT2D eigenvalue weighted by atomic mass is 15.0. The fraction of sp³-hybridized carbons (Fsp3) is 0.619. The van der Waals surface area contributed by atoms with Crippen molar-refractivity contribution in [1.82, 2.24) is 5.32 Å². The maximum absolute atomic E-state index is 5.79. The first kappa shape index (κ1) is 19.8. The SMILES string of the molecule is C=C(CC=CCC/C(N)=C\C)C/C(=C/C)CCC1(NC)CCC1. The average Bonchev–Trinajstić information content (AvgIpc) is 2.52. The summed E-state index contributed by atoms with van der Waals surface area (Å²) in [5, 5.41) is 3.53.